The highest BCUT2D eigenvalue weighted by Gasteiger charge is 2.09. The van der Waals surface area contributed by atoms with E-state index >= 15 is 0 Å². The first-order valence-electron chi connectivity index (χ1n) is 6.77. The van der Waals surface area contributed by atoms with Crippen molar-refractivity contribution < 1.29 is 13.2 Å². The number of imidazole rings is 1. The van der Waals surface area contributed by atoms with Gasteiger partial charge >= 0.3 is 0 Å². The van der Waals surface area contributed by atoms with E-state index in [1.54, 1.807) is 24.7 Å². The van der Waals surface area contributed by atoms with Crippen molar-refractivity contribution in [1.82, 2.24) is 14.3 Å². The molecule has 1 heterocycles. The summed E-state index contributed by atoms with van der Waals surface area (Å²) in [7, 11) is -3.29. The maximum absolute atomic E-state index is 11.8. The predicted octanol–water partition coefficient (Wildman–Crippen LogP) is 1.27. The fourth-order valence-corrected chi connectivity index (χ4v) is 2.67. The molecule has 2 rings (SSSR count). The molecule has 0 aliphatic carbocycles. The summed E-state index contributed by atoms with van der Waals surface area (Å²) in [6.45, 7) is 1.29. The molecule has 2 aromatic rings. The first-order valence-corrected chi connectivity index (χ1v) is 8.42. The fourth-order valence-electron chi connectivity index (χ4n) is 1.77. The molecule has 6 nitrogen and oxygen atoms in total. The lowest BCUT2D eigenvalue weighted by atomic mass is 10.3. The molecule has 0 unspecified atom stereocenters. The molecular formula is C14H19N3O3S. The predicted molar refractivity (Wildman–Crippen MR) is 80.6 cm³/mol. The first kappa shape index (κ1) is 15.5. The first-order chi connectivity index (χ1) is 10.2. The van der Waals surface area contributed by atoms with Crippen molar-refractivity contribution >= 4 is 10.0 Å². The van der Waals surface area contributed by atoms with E-state index in [-0.39, 0.29) is 12.4 Å². The Kier molecular flexibility index (Phi) is 5.77. The van der Waals surface area contributed by atoms with Gasteiger partial charge in [-0.1, -0.05) is 18.2 Å². The fraction of sp³-hybridized carbons (Fsp3) is 0.357. The van der Waals surface area contributed by atoms with Gasteiger partial charge in [-0.3, -0.25) is 0 Å². The highest BCUT2D eigenvalue weighted by atomic mass is 32.2. The SMILES string of the molecule is O=S(=O)(CCOc1ccccc1)NCCCn1ccnc1. The van der Waals surface area contributed by atoms with Gasteiger partial charge in [0, 0.05) is 25.5 Å². The minimum atomic E-state index is -3.29. The van der Waals surface area contributed by atoms with Gasteiger partial charge in [-0.25, -0.2) is 18.1 Å². The second kappa shape index (κ2) is 7.80. The smallest absolute Gasteiger partial charge is 0.214 e. The Morgan fingerprint density at radius 1 is 1.24 bits per heavy atom. The topological polar surface area (TPSA) is 73.2 Å². The third-order valence-corrected chi connectivity index (χ3v) is 4.19. The molecule has 0 aliphatic heterocycles. The molecule has 0 saturated carbocycles. The van der Waals surface area contributed by atoms with E-state index in [9.17, 15) is 8.42 Å². The Morgan fingerprint density at radius 3 is 2.76 bits per heavy atom. The molecule has 0 bridgehead atoms. The lowest BCUT2D eigenvalue weighted by molar-refractivity contribution is 0.340. The monoisotopic (exact) mass is 309 g/mol. The molecule has 1 aromatic carbocycles. The summed E-state index contributed by atoms with van der Waals surface area (Å²) < 4.78 is 33.4. The van der Waals surface area contributed by atoms with Gasteiger partial charge in [0.25, 0.3) is 0 Å². The van der Waals surface area contributed by atoms with Gasteiger partial charge < -0.3 is 9.30 Å². The Balaban J connectivity index is 1.62. The van der Waals surface area contributed by atoms with Crippen LogP contribution in [0.5, 0.6) is 5.75 Å². The molecule has 114 valence electrons. The van der Waals surface area contributed by atoms with E-state index in [2.05, 4.69) is 9.71 Å². The number of rotatable bonds is 9. The van der Waals surface area contributed by atoms with E-state index in [4.69, 9.17) is 4.74 Å². The van der Waals surface area contributed by atoms with Crippen LogP contribution in [0.1, 0.15) is 6.42 Å². The van der Waals surface area contributed by atoms with Crippen molar-refractivity contribution in [3.05, 3.63) is 49.1 Å². The molecule has 21 heavy (non-hydrogen) atoms. The third-order valence-electron chi connectivity index (χ3n) is 2.84. The Bertz CT molecular complexity index is 612. The van der Waals surface area contributed by atoms with E-state index < -0.39 is 10.0 Å². The van der Waals surface area contributed by atoms with E-state index in [0.29, 0.717) is 12.3 Å². The average molecular weight is 309 g/mol. The molecule has 0 radical (unpaired) electrons. The lowest BCUT2D eigenvalue weighted by Gasteiger charge is -2.08. The van der Waals surface area contributed by atoms with Crippen molar-refractivity contribution in [2.45, 2.75) is 13.0 Å². The van der Waals surface area contributed by atoms with Crippen LogP contribution >= 0.6 is 0 Å². The summed E-state index contributed by atoms with van der Waals surface area (Å²) in [4.78, 5) is 3.93. The number of hydrogen-bond acceptors (Lipinski definition) is 4. The summed E-state index contributed by atoms with van der Waals surface area (Å²) in [5.74, 6) is 0.625. The number of benzene rings is 1. The second-order valence-electron chi connectivity index (χ2n) is 4.53. The van der Waals surface area contributed by atoms with Crippen molar-refractivity contribution in [3.8, 4) is 5.75 Å². The van der Waals surface area contributed by atoms with Crippen molar-refractivity contribution in [2.24, 2.45) is 0 Å². The number of para-hydroxylation sites is 1. The van der Waals surface area contributed by atoms with Crippen LogP contribution in [0.15, 0.2) is 49.1 Å². The van der Waals surface area contributed by atoms with Crippen LogP contribution in [0.4, 0.5) is 0 Å². The zero-order chi connectivity index (χ0) is 15.0. The maximum atomic E-state index is 11.8. The highest BCUT2D eigenvalue weighted by Crippen LogP contribution is 2.07. The van der Waals surface area contributed by atoms with Crippen LogP contribution in [-0.2, 0) is 16.6 Å². The van der Waals surface area contributed by atoms with Gasteiger partial charge in [0.2, 0.25) is 10.0 Å². The third kappa shape index (κ3) is 5.97. The minimum Gasteiger partial charge on any atom is -0.492 e. The molecule has 7 heteroatoms. The van der Waals surface area contributed by atoms with Crippen LogP contribution in [0.3, 0.4) is 0 Å². The number of aryl methyl sites for hydroxylation is 1. The Hall–Kier alpha value is -1.86. The summed E-state index contributed by atoms with van der Waals surface area (Å²) in [6, 6.07) is 9.16. The highest BCUT2D eigenvalue weighted by molar-refractivity contribution is 7.89. The molecule has 0 atom stereocenters. The van der Waals surface area contributed by atoms with Gasteiger partial charge in [-0.2, -0.15) is 0 Å². The standard InChI is InChI=1S/C14H19N3O3S/c18-21(19,12-11-20-14-5-2-1-3-6-14)16-7-4-9-17-10-8-15-13-17/h1-3,5-6,8,10,13,16H,4,7,9,11-12H2. The second-order valence-corrected chi connectivity index (χ2v) is 6.46. The summed E-state index contributed by atoms with van der Waals surface area (Å²) in [5.41, 5.74) is 0. The Morgan fingerprint density at radius 2 is 2.05 bits per heavy atom. The largest absolute Gasteiger partial charge is 0.492 e. The number of sulfonamides is 1. The van der Waals surface area contributed by atoms with E-state index in [0.717, 1.165) is 13.0 Å². The minimum absolute atomic E-state index is 0.0486. The van der Waals surface area contributed by atoms with Gasteiger partial charge in [0.15, 0.2) is 0 Å². The maximum Gasteiger partial charge on any atom is 0.214 e. The number of ether oxygens (including phenoxy) is 1. The zero-order valence-electron chi connectivity index (χ0n) is 11.7. The Labute approximate surface area is 124 Å². The van der Waals surface area contributed by atoms with Gasteiger partial charge in [-0.05, 0) is 18.6 Å². The van der Waals surface area contributed by atoms with Crippen LogP contribution < -0.4 is 9.46 Å². The molecule has 0 spiro atoms. The average Bonchev–Trinajstić information content (AvgIpc) is 2.98. The summed E-state index contributed by atoms with van der Waals surface area (Å²) in [6.07, 6.45) is 5.98. The van der Waals surface area contributed by atoms with Gasteiger partial charge in [-0.15, -0.1) is 0 Å². The molecule has 0 amide bonds. The quantitative estimate of drug-likeness (QED) is 0.708. The van der Waals surface area contributed by atoms with E-state index in [1.807, 2.05) is 29.0 Å². The van der Waals surface area contributed by atoms with Crippen molar-refractivity contribution in [3.63, 3.8) is 0 Å². The normalized spacial score (nSPS) is 11.4. The number of aromatic nitrogens is 2. The number of hydrogen-bond donors (Lipinski definition) is 1. The molecule has 0 saturated heterocycles. The van der Waals surface area contributed by atoms with Crippen LogP contribution in [0.25, 0.3) is 0 Å². The van der Waals surface area contributed by atoms with Crippen LogP contribution in [-0.4, -0.2) is 36.9 Å². The van der Waals surface area contributed by atoms with Crippen LogP contribution in [0.2, 0.25) is 0 Å². The number of nitrogens with one attached hydrogen (secondary N) is 1. The van der Waals surface area contributed by atoms with Gasteiger partial charge in [0.05, 0.1) is 12.1 Å². The summed E-state index contributed by atoms with van der Waals surface area (Å²) >= 11 is 0. The van der Waals surface area contributed by atoms with Crippen LogP contribution in [0, 0.1) is 0 Å². The van der Waals surface area contributed by atoms with Gasteiger partial charge in [0.1, 0.15) is 12.4 Å². The lowest BCUT2D eigenvalue weighted by Crippen LogP contribution is -2.30. The molecular weight excluding hydrogens is 290 g/mol. The number of nitrogens with zero attached hydrogens (tertiary/aromatic N) is 2. The summed E-state index contributed by atoms with van der Waals surface area (Å²) in [5, 5.41) is 0. The van der Waals surface area contributed by atoms with Crippen molar-refractivity contribution in [1.29, 1.82) is 0 Å². The molecule has 1 aromatic heterocycles. The molecule has 0 fully saturated rings. The molecule has 1 N–H and O–H groups in total. The zero-order valence-corrected chi connectivity index (χ0v) is 12.5. The van der Waals surface area contributed by atoms with E-state index in [1.165, 1.54) is 0 Å². The molecule has 0 aliphatic rings. The van der Waals surface area contributed by atoms with Crippen molar-refractivity contribution in [2.75, 3.05) is 18.9 Å².